The molecule has 0 rings (SSSR count). The van der Waals surface area contributed by atoms with Crippen LogP contribution in [-0.4, -0.2) is 38.3 Å². The van der Waals surface area contributed by atoms with Gasteiger partial charge in [-0.15, -0.1) is 0 Å². The fourth-order valence-electron chi connectivity index (χ4n) is 1.05. The molecule has 1 amide bonds. The Morgan fingerprint density at radius 3 is 2.73 bits per heavy atom. The third-order valence-corrected chi connectivity index (χ3v) is 1.79. The molecule has 0 atom stereocenters. The molecule has 0 aromatic heterocycles. The molecule has 0 aromatic carbocycles. The van der Waals surface area contributed by atoms with Gasteiger partial charge in [0.1, 0.15) is 0 Å². The minimum atomic E-state index is -0.221. The van der Waals surface area contributed by atoms with Crippen molar-refractivity contribution in [2.24, 2.45) is 0 Å². The average molecular weight is 213 g/mol. The van der Waals surface area contributed by atoms with E-state index in [1.807, 2.05) is 19.9 Å². The molecule has 0 saturated heterocycles. The van der Waals surface area contributed by atoms with Crippen LogP contribution in [0.3, 0.4) is 0 Å². The number of rotatable bonds is 7. The van der Waals surface area contributed by atoms with Crippen molar-refractivity contribution in [1.82, 2.24) is 10.6 Å². The Morgan fingerprint density at radius 1 is 1.53 bits per heavy atom. The van der Waals surface area contributed by atoms with E-state index >= 15 is 0 Å². The van der Waals surface area contributed by atoms with Crippen molar-refractivity contribution < 1.29 is 9.53 Å². The predicted molar refractivity (Wildman–Crippen MR) is 57.2 cm³/mol. The van der Waals surface area contributed by atoms with Crippen molar-refractivity contribution in [2.45, 2.75) is 25.8 Å². The average Bonchev–Trinajstić information content (AvgIpc) is 2.15. The summed E-state index contributed by atoms with van der Waals surface area (Å²) in [6, 6.07) is 1.96. The largest absolute Gasteiger partial charge is 0.383 e. The van der Waals surface area contributed by atoms with E-state index in [2.05, 4.69) is 10.6 Å². The number of carbonyl (C=O) groups is 1. The van der Waals surface area contributed by atoms with Gasteiger partial charge in [0.25, 0.3) is 0 Å². The van der Waals surface area contributed by atoms with Crippen LogP contribution in [0.4, 0.5) is 0 Å². The lowest BCUT2D eigenvalue weighted by molar-refractivity contribution is -0.120. The lowest BCUT2D eigenvalue weighted by Gasteiger charge is -2.24. The normalized spacial score (nSPS) is 10.8. The van der Waals surface area contributed by atoms with Crippen LogP contribution in [0.5, 0.6) is 0 Å². The quantitative estimate of drug-likeness (QED) is 0.585. The monoisotopic (exact) mass is 213 g/mol. The Balaban J connectivity index is 3.66. The molecule has 5 nitrogen and oxygen atoms in total. The van der Waals surface area contributed by atoms with Crippen molar-refractivity contribution >= 4 is 5.91 Å². The number of nitrogens with one attached hydrogen (secondary N) is 2. The van der Waals surface area contributed by atoms with Gasteiger partial charge in [-0.1, -0.05) is 0 Å². The van der Waals surface area contributed by atoms with E-state index in [0.717, 1.165) is 0 Å². The number of hydrogen-bond acceptors (Lipinski definition) is 4. The zero-order valence-corrected chi connectivity index (χ0v) is 9.59. The number of carbonyl (C=O) groups excluding carboxylic acids is 1. The molecule has 0 aliphatic rings. The SMILES string of the molecule is COCC(C)(C)NCC(=O)NCCC#N. The minimum Gasteiger partial charge on any atom is -0.383 e. The molecule has 0 aliphatic carbocycles. The standard InChI is InChI=1S/C10H19N3O2/c1-10(2,8-15-3)13-7-9(14)12-6-4-5-11/h13H,4,6-8H2,1-3H3,(H,12,14). The zero-order chi connectivity index (χ0) is 11.7. The highest BCUT2D eigenvalue weighted by Gasteiger charge is 2.17. The second-order valence-corrected chi connectivity index (χ2v) is 3.93. The zero-order valence-electron chi connectivity index (χ0n) is 9.59. The van der Waals surface area contributed by atoms with E-state index in [9.17, 15) is 4.79 Å². The fourth-order valence-corrected chi connectivity index (χ4v) is 1.05. The van der Waals surface area contributed by atoms with Gasteiger partial charge in [-0.2, -0.15) is 5.26 Å². The van der Waals surface area contributed by atoms with Gasteiger partial charge in [-0.25, -0.2) is 0 Å². The second kappa shape index (κ2) is 7.21. The lowest BCUT2D eigenvalue weighted by atomic mass is 10.1. The highest BCUT2D eigenvalue weighted by atomic mass is 16.5. The molecule has 0 saturated carbocycles. The topological polar surface area (TPSA) is 74.2 Å². The summed E-state index contributed by atoms with van der Waals surface area (Å²) in [5.74, 6) is -0.102. The van der Waals surface area contributed by atoms with E-state index in [4.69, 9.17) is 10.00 Å². The van der Waals surface area contributed by atoms with Crippen molar-refractivity contribution in [3.05, 3.63) is 0 Å². The molecule has 0 unspecified atom stereocenters. The first kappa shape index (κ1) is 13.9. The van der Waals surface area contributed by atoms with Crippen LogP contribution in [0.25, 0.3) is 0 Å². The van der Waals surface area contributed by atoms with Crippen molar-refractivity contribution in [2.75, 3.05) is 26.8 Å². The summed E-state index contributed by atoms with van der Waals surface area (Å²) in [5.41, 5.74) is -0.221. The molecular weight excluding hydrogens is 194 g/mol. The Hall–Kier alpha value is -1.12. The van der Waals surface area contributed by atoms with E-state index in [-0.39, 0.29) is 18.0 Å². The van der Waals surface area contributed by atoms with Gasteiger partial charge in [-0.05, 0) is 13.8 Å². The van der Waals surface area contributed by atoms with Gasteiger partial charge in [0.2, 0.25) is 5.91 Å². The van der Waals surface area contributed by atoms with E-state index < -0.39 is 0 Å². The number of amides is 1. The predicted octanol–water partition coefficient (Wildman–Crippen LogP) is 0.0309. The molecule has 0 radical (unpaired) electrons. The molecule has 0 bridgehead atoms. The van der Waals surface area contributed by atoms with Crippen molar-refractivity contribution in [3.8, 4) is 6.07 Å². The molecule has 2 N–H and O–H groups in total. The second-order valence-electron chi connectivity index (χ2n) is 3.93. The number of hydrogen-bond donors (Lipinski definition) is 2. The molecule has 0 aromatic rings. The van der Waals surface area contributed by atoms with Crippen LogP contribution in [0.1, 0.15) is 20.3 Å². The van der Waals surface area contributed by atoms with Crippen LogP contribution >= 0.6 is 0 Å². The van der Waals surface area contributed by atoms with Crippen LogP contribution < -0.4 is 10.6 Å². The van der Waals surface area contributed by atoms with Gasteiger partial charge in [0, 0.05) is 19.2 Å². The summed E-state index contributed by atoms with van der Waals surface area (Å²) in [7, 11) is 1.62. The molecule has 0 spiro atoms. The Kier molecular flexibility index (Phi) is 6.67. The molecular formula is C10H19N3O2. The molecule has 15 heavy (non-hydrogen) atoms. The smallest absolute Gasteiger partial charge is 0.234 e. The van der Waals surface area contributed by atoms with Gasteiger partial charge in [-0.3, -0.25) is 4.79 Å². The van der Waals surface area contributed by atoms with Gasteiger partial charge in [0.15, 0.2) is 0 Å². The van der Waals surface area contributed by atoms with Crippen LogP contribution in [-0.2, 0) is 9.53 Å². The van der Waals surface area contributed by atoms with Crippen LogP contribution in [0.15, 0.2) is 0 Å². The number of methoxy groups -OCH3 is 1. The Morgan fingerprint density at radius 2 is 2.20 bits per heavy atom. The van der Waals surface area contributed by atoms with Crippen molar-refractivity contribution in [1.29, 1.82) is 5.26 Å². The summed E-state index contributed by atoms with van der Waals surface area (Å²) in [4.78, 5) is 11.2. The number of nitriles is 1. The third-order valence-electron chi connectivity index (χ3n) is 1.79. The minimum absolute atomic E-state index is 0.102. The van der Waals surface area contributed by atoms with Gasteiger partial charge < -0.3 is 15.4 Å². The van der Waals surface area contributed by atoms with Gasteiger partial charge in [0.05, 0.1) is 25.6 Å². The first-order valence-electron chi connectivity index (χ1n) is 4.89. The first-order valence-corrected chi connectivity index (χ1v) is 4.89. The van der Waals surface area contributed by atoms with Crippen LogP contribution in [0.2, 0.25) is 0 Å². The summed E-state index contributed by atoms with van der Waals surface area (Å²) < 4.78 is 5.00. The summed E-state index contributed by atoms with van der Waals surface area (Å²) in [6.07, 6.45) is 0.340. The van der Waals surface area contributed by atoms with Crippen LogP contribution in [0, 0.1) is 11.3 Å². The van der Waals surface area contributed by atoms with Crippen molar-refractivity contribution in [3.63, 3.8) is 0 Å². The lowest BCUT2D eigenvalue weighted by Crippen LogP contribution is -2.48. The fraction of sp³-hybridized carbons (Fsp3) is 0.800. The highest BCUT2D eigenvalue weighted by molar-refractivity contribution is 5.78. The Bertz CT molecular complexity index is 233. The molecule has 5 heteroatoms. The Labute approximate surface area is 90.8 Å². The summed E-state index contributed by atoms with van der Waals surface area (Å²) in [6.45, 7) is 5.10. The maximum absolute atomic E-state index is 11.2. The highest BCUT2D eigenvalue weighted by Crippen LogP contribution is 2.00. The molecule has 0 aliphatic heterocycles. The maximum Gasteiger partial charge on any atom is 0.234 e. The number of ether oxygens (including phenoxy) is 1. The first-order chi connectivity index (χ1) is 7.02. The maximum atomic E-state index is 11.2. The molecule has 0 fully saturated rings. The number of nitrogens with zero attached hydrogens (tertiary/aromatic N) is 1. The van der Waals surface area contributed by atoms with E-state index in [0.29, 0.717) is 19.6 Å². The third kappa shape index (κ3) is 7.91. The van der Waals surface area contributed by atoms with E-state index in [1.54, 1.807) is 7.11 Å². The summed E-state index contributed by atoms with van der Waals surface area (Å²) >= 11 is 0. The van der Waals surface area contributed by atoms with E-state index in [1.165, 1.54) is 0 Å². The summed E-state index contributed by atoms with van der Waals surface area (Å²) in [5, 5.41) is 14.0. The molecule has 86 valence electrons. The van der Waals surface area contributed by atoms with Gasteiger partial charge >= 0.3 is 0 Å². The molecule has 0 heterocycles.